The quantitative estimate of drug-likeness (QED) is 0.753. The summed E-state index contributed by atoms with van der Waals surface area (Å²) < 4.78 is 23.9. The van der Waals surface area contributed by atoms with Crippen LogP contribution in [0.2, 0.25) is 0 Å². The standard InChI is InChI=1S/C12H17NO3S/c1-10(8-9-14)11-4-6-12(7-5-11)13(2)17(3,15)16/h4-7,9-10H,8H2,1-3H3. The van der Waals surface area contributed by atoms with Crippen LogP contribution >= 0.6 is 0 Å². The van der Waals surface area contributed by atoms with Gasteiger partial charge in [-0.15, -0.1) is 0 Å². The Bertz CT molecular complexity index is 479. The Morgan fingerprint density at radius 3 is 2.24 bits per heavy atom. The first-order valence-electron chi connectivity index (χ1n) is 5.33. The van der Waals surface area contributed by atoms with Gasteiger partial charge >= 0.3 is 0 Å². The maximum atomic E-state index is 11.3. The van der Waals surface area contributed by atoms with Crippen molar-refractivity contribution in [2.45, 2.75) is 19.3 Å². The van der Waals surface area contributed by atoms with E-state index in [4.69, 9.17) is 0 Å². The van der Waals surface area contributed by atoms with Gasteiger partial charge in [-0.25, -0.2) is 8.42 Å². The summed E-state index contributed by atoms with van der Waals surface area (Å²) in [7, 11) is -1.71. The van der Waals surface area contributed by atoms with Crippen molar-refractivity contribution in [3.05, 3.63) is 29.8 Å². The molecule has 0 N–H and O–H groups in total. The van der Waals surface area contributed by atoms with Gasteiger partial charge in [-0.2, -0.15) is 0 Å². The molecule has 1 aromatic carbocycles. The lowest BCUT2D eigenvalue weighted by Crippen LogP contribution is -2.24. The number of carbonyl (C=O) groups is 1. The van der Waals surface area contributed by atoms with E-state index in [0.717, 1.165) is 18.1 Å². The van der Waals surface area contributed by atoms with E-state index in [2.05, 4.69) is 0 Å². The van der Waals surface area contributed by atoms with Gasteiger partial charge in [0, 0.05) is 13.5 Å². The van der Waals surface area contributed by atoms with Crippen LogP contribution in [0, 0.1) is 0 Å². The lowest BCUT2D eigenvalue weighted by molar-refractivity contribution is -0.108. The van der Waals surface area contributed by atoms with Crippen LogP contribution in [-0.2, 0) is 14.8 Å². The van der Waals surface area contributed by atoms with Crippen LogP contribution in [0.3, 0.4) is 0 Å². The maximum Gasteiger partial charge on any atom is 0.231 e. The van der Waals surface area contributed by atoms with Crippen LogP contribution < -0.4 is 4.31 Å². The van der Waals surface area contributed by atoms with Gasteiger partial charge in [0.05, 0.1) is 11.9 Å². The highest BCUT2D eigenvalue weighted by atomic mass is 32.2. The Labute approximate surface area is 102 Å². The van der Waals surface area contributed by atoms with E-state index in [1.807, 2.05) is 19.1 Å². The number of rotatable bonds is 5. The molecule has 0 amide bonds. The minimum atomic E-state index is -3.22. The molecule has 0 saturated carbocycles. The van der Waals surface area contributed by atoms with Gasteiger partial charge in [-0.3, -0.25) is 4.31 Å². The molecule has 0 aliphatic carbocycles. The summed E-state index contributed by atoms with van der Waals surface area (Å²) in [4.78, 5) is 10.4. The highest BCUT2D eigenvalue weighted by Gasteiger charge is 2.12. The molecule has 0 fully saturated rings. The third-order valence-electron chi connectivity index (χ3n) is 2.77. The largest absolute Gasteiger partial charge is 0.303 e. The average Bonchev–Trinajstić information content (AvgIpc) is 2.27. The topological polar surface area (TPSA) is 54.5 Å². The van der Waals surface area contributed by atoms with Crippen molar-refractivity contribution in [1.29, 1.82) is 0 Å². The third kappa shape index (κ3) is 3.56. The minimum absolute atomic E-state index is 0.157. The van der Waals surface area contributed by atoms with Crippen LogP contribution in [0.4, 0.5) is 5.69 Å². The Morgan fingerprint density at radius 2 is 1.82 bits per heavy atom. The van der Waals surface area contributed by atoms with Crippen LogP contribution in [0.25, 0.3) is 0 Å². The average molecular weight is 255 g/mol. The number of sulfonamides is 1. The molecule has 1 rings (SSSR count). The van der Waals surface area contributed by atoms with Gasteiger partial charge in [-0.05, 0) is 23.6 Å². The van der Waals surface area contributed by atoms with E-state index >= 15 is 0 Å². The maximum absolute atomic E-state index is 11.3. The Balaban J connectivity index is 2.92. The first kappa shape index (κ1) is 13.7. The van der Waals surface area contributed by atoms with E-state index in [9.17, 15) is 13.2 Å². The monoisotopic (exact) mass is 255 g/mol. The van der Waals surface area contributed by atoms with Crippen LogP contribution in [0.5, 0.6) is 0 Å². The predicted octanol–water partition coefficient (Wildman–Crippen LogP) is 1.77. The van der Waals surface area contributed by atoms with Crippen molar-refractivity contribution < 1.29 is 13.2 Å². The van der Waals surface area contributed by atoms with Gasteiger partial charge in [0.25, 0.3) is 0 Å². The minimum Gasteiger partial charge on any atom is -0.303 e. The van der Waals surface area contributed by atoms with Crippen molar-refractivity contribution >= 4 is 22.0 Å². The zero-order valence-corrected chi connectivity index (χ0v) is 11.1. The SMILES string of the molecule is CC(CC=O)c1ccc(N(C)S(C)(=O)=O)cc1. The normalized spacial score (nSPS) is 13.1. The fraction of sp³-hybridized carbons (Fsp3) is 0.417. The molecular formula is C12H17NO3S. The molecule has 0 aliphatic heterocycles. The molecule has 4 nitrogen and oxygen atoms in total. The number of hydrogen-bond donors (Lipinski definition) is 0. The van der Waals surface area contributed by atoms with Gasteiger partial charge < -0.3 is 4.79 Å². The van der Waals surface area contributed by atoms with Crippen molar-refractivity contribution in [2.75, 3.05) is 17.6 Å². The summed E-state index contributed by atoms with van der Waals surface area (Å²) in [5.41, 5.74) is 1.65. The van der Waals surface area contributed by atoms with Crippen molar-refractivity contribution in [3.8, 4) is 0 Å². The van der Waals surface area contributed by atoms with Crippen molar-refractivity contribution in [2.24, 2.45) is 0 Å². The van der Waals surface area contributed by atoms with Crippen LogP contribution in [-0.4, -0.2) is 28.0 Å². The molecule has 0 saturated heterocycles. The van der Waals surface area contributed by atoms with Crippen LogP contribution in [0.15, 0.2) is 24.3 Å². The lowest BCUT2D eigenvalue weighted by atomic mass is 9.98. The summed E-state index contributed by atoms with van der Waals surface area (Å²) in [5.74, 6) is 0.157. The second kappa shape index (κ2) is 5.31. The zero-order valence-electron chi connectivity index (χ0n) is 10.3. The Hall–Kier alpha value is -1.36. The molecule has 1 atom stereocenters. The van der Waals surface area contributed by atoms with E-state index in [0.29, 0.717) is 12.1 Å². The molecule has 1 unspecified atom stereocenters. The molecule has 94 valence electrons. The van der Waals surface area contributed by atoms with E-state index in [1.165, 1.54) is 11.4 Å². The number of nitrogens with zero attached hydrogens (tertiary/aromatic N) is 1. The third-order valence-corrected chi connectivity index (χ3v) is 3.98. The van der Waals surface area contributed by atoms with Gasteiger partial charge in [0.2, 0.25) is 10.0 Å². The lowest BCUT2D eigenvalue weighted by Gasteiger charge is -2.17. The molecular weight excluding hydrogens is 238 g/mol. The van der Waals surface area contributed by atoms with Gasteiger partial charge in [0.15, 0.2) is 0 Å². The Morgan fingerprint density at radius 1 is 1.29 bits per heavy atom. The number of carbonyl (C=O) groups excluding carboxylic acids is 1. The summed E-state index contributed by atoms with van der Waals surface area (Å²) in [6, 6.07) is 7.20. The van der Waals surface area contributed by atoms with Crippen LogP contribution in [0.1, 0.15) is 24.8 Å². The molecule has 0 spiro atoms. The molecule has 0 bridgehead atoms. The molecule has 17 heavy (non-hydrogen) atoms. The molecule has 0 heterocycles. The highest BCUT2D eigenvalue weighted by molar-refractivity contribution is 7.92. The number of anilines is 1. The smallest absolute Gasteiger partial charge is 0.231 e. The number of hydrogen-bond acceptors (Lipinski definition) is 3. The summed E-state index contributed by atoms with van der Waals surface area (Å²) in [5, 5.41) is 0. The van der Waals surface area contributed by atoms with Crippen molar-refractivity contribution in [3.63, 3.8) is 0 Å². The number of benzene rings is 1. The fourth-order valence-corrected chi connectivity index (χ4v) is 1.99. The highest BCUT2D eigenvalue weighted by Crippen LogP contribution is 2.22. The second-order valence-electron chi connectivity index (χ2n) is 4.13. The first-order valence-corrected chi connectivity index (χ1v) is 7.18. The predicted molar refractivity (Wildman–Crippen MR) is 68.8 cm³/mol. The van der Waals surface area contributed by atoms with E-state index in [1.54, 1.807) is 12.1 Å². The number of aldehydes is 1. The molecule has 5 heteroatoms. The summed E-state index contributed by atoms with van der Waals surface area (Å²) >= 11 is 0. The summed E-state index contributed by atoms with van der Waals surface area (Å²) in [6.45, 7) is 1.96. The fourth-order valence-electron chi connectivity index (χ4n) is 1.48. The van der Waals surface area contributed by atoms with E-state index in [-0.39, 0.29) is 5.92 Å². The van der Waals surface area contributed by atoms with E-state index < -0.39 is 10.0 Å². The molecule has 0 aromatic heterocycles. The van der Waals surface area contributed by atoms with Gasteiger partial charge in [0.1, 0.15) is 6.29 Å². The summed E-state index contributed by atoms with van der Waals surface area (Å²) in [6.07, 6.45) is 2.53. The second-order valence-corrected chi connectivity index (χ2v) is 6.14. The molecule has 0 aliphatic rings. The Kier molecular flexibility index (Phi) is 4.28. The van der Waals surface area contributed by atoms with Gasteiger partial charge in [-0.1, -0.05) is 19.1 Å². The molecule has 1 aromatic rings. The zero-order chi connectivity index (χ0) is 13.1. The molecule has 0 radical (unpaired) electrons. The first-order chi connectivity index (χ1) is 7.86. The van der Waals surface area contributed by atoms with Crippen molar-refractivity contribution in [1.82, 2.24) is 0 Å².